The van der Waals surface area contributed by atoms with Gasteiger partial charge in [0, 0.05) is 28.9 Å². The van der Waals surface area contributed by atoms with Crippen molar-refractivity contribution in [2.45, 2.75) is 6.36 Å². The molecule has 0 bridgehead atoms. The van der Waals surface area contributed by atoms with Gasteiger partial charge in [0.15, 0.2) is 0 Å². The lowest BCUT2D eigenvalue weighted by molar-refractivity contribution is -0.274. The molecular weight excluding hydrogens is 337 g/mol. The third-order valence-corrected chi connectivity index (χ3v) is 3.43. The Balaban J connectivity index is 1.69. The van der Waals surface area contributed by atoms with E-state index in [-0.39, 0.29) is 11.6 Å². The molecule has 0 spiro atoms. The number of benzene rings is 1. The van der Waals surface area contributed by atoms with E-state index < -0.39 is 6.36 Å². The van der Waals surface area contributed by atoms with Crippen molar-refractivity contribution in [1.82, 2.24) is 20.1 Å². The summed E-state index contributed by atoms with van der Waals surface area (Å²) in [5.74, 6) is 0.0262. The number of nitrogens with zero attached hydrogens (tertiary/aromatic N) is 3. The molecule has 0 saturated carbocycles. The Labute approximate surface area is 138 Å². The summed E-state index contributed by atoms with van der Waals surface area (Å²) in [4.78, 5) is 11.4. The SMILES string of the molecule is FC(F)(F)Oc1cccc(-c2nc(-c3c[nH]c4ncccc34)no2)c1. The monoisotopic (exact) mass is 346 g/mol. The third-order valence-electron chi connectivity index (χ3n) is 3.43. The van der Waals surface area contributed by atoms with Gasteiger partial charge in [-0.3, -0.25) is 0 Å². The number of halogens is 3. The summed E-state index contributed by atoms with van der Waals surface area (Å²) in [5.41, 5.74) is 1.67. The van der Waals surface area contributed by atoms with Crippen molar-refractivity contribution in [3.8, 4) is 28.6 Å². The van der Waals surface area contributed by atoms with E-state index in [9.17, 15) is 13.2 Å². The number of nitrogens with one attached hydrogen (secondary N) is 1. The minimum atomic E-state index is -4.77. The molecule has 3 aromatic heterocycles. The highest BCUT2D eigenvalue weighted by atomic mass is 19.4. The van der Waals surface area contributed by atoms with Crippen LogP contribution in [0.2, 0.25) is 0 Å². The van der Waals surface area contributed by atoms with Crippen LogP contribution in [0.25, 0.3) is 33.9 Å². The second kappa shape index (κ2) is 5.62. The van der Waals surface area contributed by atoms with Crippen LogP contribution in [0.5, 0.6) is 5.75 Å². The van der Waals surface area contributed by atoms with Gasteiger partial charge < -0.3 is 14.2 Å². The molecule has 0 radical (unpaired) electrons. The van der Waals surface area contributed by atoms with Crippen LogP contribution >= 0.6 is 0 Å². The average Bonchev–Trinajstić information content (AvgIpc) is 3.20. The zero-order chi connectivity index (χ0) is 17.4. The zero-order valence-corrected chi connectivity index (χ0v) is 12.4. The number of fused-ring (bicyclic) bond motifs is 1. The minimum absolute atomic E-state index is 0.0841. The van der Waals surface area contributed by atoms with Gasteiger partial charge in [0.05, 0.1) is 0 Å². The molecule has 0 aliphatic carbocycles. The molecule has 126 valence electrons. The van der Waals surface area contributed by atoms with Gasteiger partial charge in [-0.2, -0.15) is 4.98 Å². The summed E-state index contributed by atoms with van der Waals surface area (Å²) in [6.07, 6.45) is -1.43. The predicted molar refractivity (Wildman–Crippen MR) is 81.5 cm³/mol. The fourth-order valence-electron chi connectivity index (χ4n) is 2.42. The van der Waals surface area contributed by atoms with Crippen LogP contribution in [0.4, 0.5) is 13.2 Å². The number of rotatable bonds is 3. The summed E-state index contributed by atoms with van der Waals surface area (Å²) in [6, 6.07) is 8.97. The van der Waals surface area contributed by atoms with Gasteiger partial charge in [-0.25, -0.2) is 4.98 Å². The van der Waals surface area contributed by atoms with Gasteiger partial charge in [-0.15, -0.1) is 13.2 Å². The lowest BCUT2D eigenvalue weighted by Crippen LogP contribution is -2.17. The maximum atomic E-state index is 12.3. The van der Waals surface area contributed by atoms with Crippen LogP contribution in [-0.2, 0) is 0 Å². The van der Waals surface area contributed by atoms with E-state index in [4.69, 9.17) is 4.52 Å². The molecule has 0 aliphatic heterocycles. The highest BCUT2D eigenvalue weighted by Gasteiger charge is 2.31. The van der Waals surface area contributed by atoms with Gasteiger partial charge >= 0.3 is 6.36 Å². The fraction of sp³-hybridized carbons (Fsp3) is 0.0625. The first-order chi connectivity index (χ1) is 12.0. The smallest absolute Gasteiger partial charge is 0.406 e. The van der Waals surface area contributed by atoms with Crippen molar-refractivity contribution >= 4 is 11.0 Å². The van der Waals surface area contributed by atoms with Gasteiger partial charge in [0.2, 0.25) is 5.82 Å². The van der Waals surface area contributed by atoms with E-state index in [1.54, 1.807) is 24.5 Å². The normalized spacial score (nSPS) is 11.8. The molecule has 1 N–H and O–H groups in total. The number of aromatic amines is 1. The van der Waals surface area contributed by atoms with E-state index in [1.807, 2.05) is 6.07 Å². The summed E-state index contributed by atoms with van der Waals surface area (Å²) in [6.45, 7) is 0. The Morgan fingerprint density at radius 1 is 1.12 bits per heavy atom. The van der Waals surface area contributed by atoms with Gasteiger partial charge in [0.1, 0.15) is 11.4 Å². The molecule has 1 aromatic carbocycles. The van der Waals surface area contributed by atoms with Crippen LogP contribution in [0.1, 0.15) is 0 Å². The highest BCUT2D eigenvalue weighted by Crippen LogP contribution is 2.30. The Morgan fingerprint density at radius 2 is 2.00 bits per heavy atom. The number of ether oxygens (including phenoxy) is 1. The lowest BCUT2D eigenvalue weighted by Gasteiger charge is -2.08. The van der Waals surface area contributed by atoms with Crippen molar-refractivity contribution < 1.29 is 22.4 Å². The molecule has 25 heavy (non-hydrogen) atoms. The van der Waals surface area contributed by atoms with Gasteiger partial charge in [-0.1, -0.05) is 11.2 Å². The second-order valence-electron chi connectivity index (χ2n) is 5.10. The third kappa shape index (κ3) is 3.03. The van der Waals surface area contributed by atoms with Crippen molar-refractivity contribution in [3.63, 3.8) is 0 Å². The van der Waals surface area contributed by atoms with E-state index in [2.05, 4.69) is 24.8 Å². The van der Waals surface area contributed by atoms with Gasteiger partial charge in [-0.05, 0) is 30.3 Å². The minimum Gasteiger partial charge on any atom is -0.406 e. The average molecular weight is 346 g/mol. The number of hydrogen-bond donors (Lipinski definition) is 1. The predicted octanol–water partition coefficient (Wildman–Crippen LogP) is 4.18. The molecule has 0 unspecified atom stereocenters. The summed E-state index contributed by atoms with van der Waals surface area (Å²) in [5, 5.41) is 4.70. The molecule has 6 nitrogen and oxygen atoms in total. The topological polar surface area (TPSA) is 76.8 Å². The van der Waals surface area contributed by atoms with Crippen molar-refractivity contribution in [1.29, 1.82) is 0 Å². The van der Waals surface area contributed by atoms with Crippen LogP contribution in [0, 0.1) is 0 Å². The lowest BCUT2D eigenvalue weighted by atomic mass is 10.2. The number of hydrogen-bond acceptors (Lipinski definition) is 5. The first-order valence-electron chi connectivity index (χ1n) is 7.12. The van der Waals surface area contributed by atoms with Crippen LogP contribution in [0.3, 0.4) is 0 Å². The van der Waals surface area contributed by atoms with E-state index in [0.29, 0.717) is 22.6 Å². The van der Waals surface area contributed by atoms with Crippen molar-refractivity contribution in [2.24, 2.45) is 0 Å². The van der Waals surface area contributed by atoms with Crippen molar-refractivity contribution in [3.05, 3.63) is 48.8 Å². The first-order valence-corrected chi connectivity index (χ1v) is 7.12. The molecule has 0 atom stereocenters. The van der Waals surface area contributed by atoms with Gasteiger partial charge in [0.25, 0.3) is 5.89 Å². The molecule has 0 amide bonds. The molecule has 4 aromatic rings. The molecule has 9 heteroatoms. The summed E-state index contributed by atoms with van der Waals surface area (Å²) in [7, 11) is 0. The van der Waals surface area contributed by atoms with E-state index in [0.717, 1.165) is 5.39 Å². The Morgan fingerprint density at radius 3 is 2.84 bits per heavy atom. The number of alkyl halides is 3. The standard InChI is InChI=1S/C16H9F3N4O2/c17-16(18,19)24-10-4-1-3-9(7-10)15-22-14(23-25-15)12-8-21-13-11(12)5-2-6-20-13/h1-8H,(H,20,21). The second-order valence-corrected chi connectivity index (χ2v) is 5.10. The fourth-order valence-corrected chi connectivity index (χ4v) is 2.42. The summed E-state index contributed by atoms with van der Waals surface area (Å²) >= 11 is 0. The van der Waals surface area contributed by atoms with E-state index in [1.165, 1.54) is 18.2 Å². The molecule has 0 saturated heterocycles. The Kier molecular flexibility index (Phi) is 3.41. The maximum Gasteiger partial charge on any atom is 0.573 e. The maximum absolute atomic E-state index is 12.3. The molecule has 0 fully saturated rings. The Hall–Kier alpha value is -3.36. The molecule has 4 rings (SSSR count). The van der Waals surface area contributed by atoms with Crippen LogP contribution in [-0.4, -0.2) is 26.5 Å². The largest absolute Gasteiger partial charge is 0.573 e. The highest BCUT2D eigenvalue weighted by molar-refractivity contribution is 5.91. The zero-order valence-electron chi connectivity index (χ0n) is 12.4. The number of pyridine rings is 1. The molecule has 3 heterocycles. The Bertz CT molecular complexity index is 1040. The first kappa shape index (κ1) is 15.2. The quantitative estimate of drug-likeness (QED) is 0.602. The molecular formula is C16H9F3N4O2. The number of H-pyrrole nitrogens is 1. The van der Waals surface area contributed by atoms with Crippen LogP contribution in [0.15, 0.2) is 53.3 Å². The van der Waals surface area contributed by atoms with Crippen LogP contribution < -0.4 is 4.74 Å². The number of aromatic nitrogens is 4. The van der Waals surface area contributed by atoms with E-state index >= 15 is 0 Å². The summed E-state index contributed by atoms with van der Waals surface area (Å²) < 4.78 is 46.1. The molecule has 0 aliphatic rings. The van der Waals surface area contributed by atoms with Crippen molar-refractivity contribution in [2.75, 3.05) is 0 Å².